The van der Waals surface area contributed by atoms with Crippen molar-refractivity contribution in [2.75, 3.05) is 25.0 Å². The number of nitrogens with one attached hydrogen (secondary N) is 3. The molecule has 3 N–H and O–H groups in total. The number of ether oxygens (including phenoxy) is 1. The van der Waals surface area contributed by atoms with Gasteiger partial charge in [0.05, 0.1) is 0 Å². The average Bonchev–Trinajstić information content (AvgIpc) is 2.67. The van der Waals surface area contributed by atoms with Gasteiger partial charge in [0, 0.05) is 36.8 Å². The highest BCUT2D eigenvalue weighted by Crippen LogP contribution is 2.17. The van der Waals surface area contributed by atoms with Gasteiger partial charge in [0.2, 0.25) is 5.91 Å². The van der Waals surface area contributed by atoms with Crippen LogP contribution in [0.5, 0.6) is 5.75 Å². The molecule has 2 rings (SSSR count). The van der Waals surface area contributed by atoms with E-state index in [1.807, 2.05) is 26.0 Å². The van der Waals surface area contributed by atoms with Crippen LogP contribution in [0.4, 0.5) is 5.69 Å². The quantitative estimate of drug-likeness (QED) is 0.619. The number of hydrogen-bond donors (Lipinski definition) is 3. The molecule has 0 aliphatic carbocycles. The Kier molecular flexibility index (Phi) is 8.02. The van der Waals surface area contributed by atoms with Crippen molar-refractivity contribution in [1.29, 1.82) is 0 Å². The van der Waals surface area contributed by atoms with E-state index in [1.54, 1.807) is 36.4 Å². The second kappa shape index (κ2) is 10.7. The van der Waals surface area contributed by atoms with Gasteiger partial charge in [0.1, 0.15) is 5.75 Å². The summed E-state index contributed by atoms with van der Waals surface area (Å²) in [5.41, 5.74) is 2.04. The van der Waals surface area contributed by atoms with E-state index in [1.165, 1.54) is 0 Å². The van der Waals surface area contributed by atoms with Crippen molar-refractivity contribution in [2.24, 2.45) is 0 Å². The van der Waals surface area contributed by atoms with E-state index in [0.29, 0.717) is 23.5 Å². The topological polar surface area (TPSA) is 96.5 Å². The number of aryl methyl sites for hydroxylation is 1. The van der Waals surface area contributed by atoms with Gasteiger partial charge in [-0.25, -0.2) is 0 Å². The Morgan fingerprint density at radius 3 is 2.50 bits per heavy atom. The lowest BCUT2D eigenvalue weighted by Crippen LogP contribution is -2.28. The first-order valence-corrected chi connectivity index (χ1v) is 9.13. The van der Waals surface area contributed by atoms with Crippen molar-refractivity contribution >= 4 is 23.4 Å². The maximum absolute atomic E-state index is 12.1. The molecule has 2 aromatic carbocycles. The zero-order chi connectivity index (χ0) is 20.4. The Balaban J connectivity index is 1.78. The van der Waals surface area contributed by atoms with Crippen LogP contribution in [0.15, 0.2) is 48.5 Å². The Morgan fingerprint density at radius 2 is 1.75 bits per heavy atom. The molecular weight excluding hydrogens is 358 g/mol. The second-order valence-electron chi connectivity index (χ2n) is 6.14. The minimum absolute atomic E-state index is 0.0871. The fourth-order valence-electron chi connectivity index (χ4n) is 2.50. The van der Waals surface area contributed by atoms with E-state index < -0.39 is 0 Å². The first-order chi connectivity index (χ1) is 13.5. The molecule has 0 saturated heterocycles. The fraction of sp³-hybridized carbons (Fsp3) is 0.286. The molecule has 0 radical (unpaired) electrons. The number of likely N-dealkylation sites (N-methyl/N-ethyl adjacent to an activating group) is 1. The summed E-state index contributed by atoms with van der Waals surface area (Å²) in [6.07, 6.45) is 0.140. The maximum atomic E-state index is 12.1. The molecule has 7 heteroatoms. The van der Waals surface area contributed by atoms with Crippen molar-refractivity contribution in [1.82, 2.24) is 10.6 Å². The number of carbonyl (C=O) groups is 3. The molecule has 0 aliphatic heterocycles. The van der Waals surface area contributed by atoms with Crippen molar-refractivity contribution in [3.63, 3.8) is 0 Å². The van der Waals surface area contributed by atoms with Gasteiger partial charge >= 0.3 is 0 Å². The molecule has 0 heterocycles. The Bertz CT molecular complexity index is 836. The van der Waals surface area contributed by atoms with Gasteiger partial charge < -0.3 is 20.7 Å². The van der Waals surface area contributed by atoms with Gasteiger partial charge in [0.25, 0.3) is 11.8 Å². The van der Waals surface area contributed by atoms with Gasteiger partial charge in [-0.05, 0) is 37.6 Å². The van der Waals surface area contributed by atoms with Gasteiger partial charge in [-0.1, -0.05) is 24.3 Å². The Labute approximate surface area is 164 Å². The summed E-state index contributed by atoms with van der Waals surface area (Å²) in [5, 5.41) is 8.13. The van der Waals surface area contributed by atoms with Crippen molar-refractivity contribution in [2.45, 2.75) is 20.3 Å². The van der Waals surface area contributed by atoms with Crippen molar-refractivity contribution in [3.8, 4) is 5.75 Å². The predicted molar refractivity (Wildman–Crippen MR) is 107 cm³/mol. The number of rotatable bonds is 9. The zero-order valence-electron chi connectivity index (χ0n) is 16.1. The zero-order valence-corrected chi connectivity index (χ0v) is 16.1. The first kappa shape index (κ1) is 21.0. The molecule has 0 spiro atoms. The van der Waals surface area contributed by atoms with Gasteiger partial charge in [-0.15, -0.1) is 0 Å². The van der Waals surface area contributed by atoms with E-state index in [4.69, 9.17) is 4.74 Å². The molecule has 0 aromatic heterocycles. The highest BCUT2D eigenvalue weighted by atomic mass is 16.5. The van der Waals surface area contributed by atoms with Gasteiger partial charge in [-0.2, -0.15) is 0 Å². The van der Waals surface area contributed by atoms with Crippen LogP contribution in [0.25, 0.3) is 0 Å². The molecular formula is C21H25N3O4. The molecule has 28 heavy (non-hydrogen) atoms. The summed E-state index contributed by atoms with van der Waals surface area (Å²) in [7, 11) is 0. The Hall–Kier alpha value is -3.35. The number of benzene rings is 2. The lowest BCUT2D eigenvalue weighted by atomic mass is 10.1. The third-order valence-electron chi connectivity index (χ3n) is 3.89. The third-order valence-corrected chi connectivity index (χ3v) is 3.89. The molecule has 7 nitrogen and oxygen atoms in total. The van der Waals surface area contributed by atoms with E-state index in [2.05, 4.69) is 16.0 Å². The number of amides is 3. The highest BCUT2D eigenvalue weighted by molar-refractivity contribution is 5.96. The highest BCUT2D eigenvalue weighted by Gasteiger charge is 2.09. The van der Waals surface area contributed by atoms with Crippen LogP contribution in [0.3, 0.4) is 0 Å². The van der Waals surface area contributed by atoms with Crippen LogP contribution < -0.4 is 20.7 Å². The monoisotopic (exact) mass is 383 g/mol. The fourth-order valence-corrected chi connectivity index (χ4v) is 2.50. The van der Waals surface area contributed by atoms with Crippen LogP contribution in [0.2, 0.25) is 0 Å². The molecule has 0 bridgehead atoms. The van der Waals surface area contributed by atoms with Crippen LogP contribution in [0.1, 0.15) is 29.3 Å². The molecule has 0 aliphatic rings. The smallest absolute Gasteiger partial charge is 0.257 e. The predicted octanol–water partition coefficient (Wildman–Crippen LogP) is 2.27. The van der Waals surface area contributed by atoms with Crippen LogP contribution in [-0.4, -0.2) is 37.4 Å². The number of hydrogen-bond acceptors (Lipinski definition) is 4. The third kappa shape index (κ3) is 6.75. The molecule has 0 atom stereocenters. The molecule has 2 aromatic rings. The van der Waals surface area contributed by atoms with Gasteiger partial charge in [0.15, 0.2) is 6.61 Å². The summed E-state index contributed by atoms with van der Waals surface area (Å²) in [6, 6.07) is 14.1. The largest absolute Gasteiger partial charge is 0.484 e. The lowest BCUT2D eigenvalue weighted by Gasteiger charge is -2.10. The SMILES string of the molecule is CCNC(=O)COc1cccc(NC(=O)CCNC(=O)c2ccccc2C)c1. The lowest BCUT2D eigenvalue weighted by molar-refractivity contribution is -0.123. The molecule has 3 amide bonds. The summed E-state index contributed by atoms with van der Waals surface area (Å²) in [5.74, 6) is -0.157. The molecule has 148 valence electrons. The van der Waals surface area contributed by atoms with Gasteiger partial charge in [-0.3, -0.25) is 14.4 Å². The van der Waals surface area contributed by atoms with Crippen LogP contribution in [0, 0.1) is 6.92 Å². The summed E-state index contributed by atoms with van der Waals surface area (Å²) in [6.45, 7) is 4.38. The van der Waals surface area contributed by atoms with Crippen LogP contribution in [-0.2, 0) is 9.59 Å². The minimum atomic E-state index is -0.231. The van der Waals surface area contributed by atoms with E-state index in [9.17, 15) is 14.4 Å². The maximum Gasteiger partial charge on any atom is 0.257 e. The van der Waals surface area contributed by atoms with E-state index >= 15 is 0 Å². The molecule has 0 fully saturated rings. The normalized spacial score (nSPS) is 10.1. The van der Waals surface area contributed by atoms with E-state index in [0.717, 1.165) is 5.56 Å². The van der Waals surface area contributed by atoms with Crippen LogP contribution >= 0.6 is 0 Å². The summed E-state index contributed by atoms with van der Waals surface area (Å²) < 4.78 is 5.40. The summed E-state index contributed by atoms with van der Waals surface area (Å²) >= 11 is 0. The van der Waals surface area contributed by atoms with E-state index in [-0.39, 0.29) is 37.3 Å². The number of carbonyl (C=O) groups excluding carboxylic acids is 3. The van der Waals surface area contributed by atoms with Crippen molar-refractivity contribution in [3.05, 3.63) is 59.7 Å². The van der Waals surface area contributed by atoms with Crippen molar-refractivity contribution < 1.29 is 19.1 Å². The average molecular weight is 383 g/mol. The summed E-state index contributed by atoms with van der Waals surface area (Å²) in [4.78, 5) is 35.7. The molecule has 0 unspecified atom stereocenters. The molecule has 0 saturated carbocycles. The number of anilines is 1. The standard InChI is InChI=1S/C21H25N3O4/c1-3-22-20(26)14-28-17-9-6-8-16(13-17)24-19(25)11-12-23-21(27)18-10-5-4-7-15(18)2/h4-10,13H,3,11-12,14H2,1-2H3,(H,22,26)(H,23,27)(H,24,25). The minimum Gasteiger partial charge on any atom is -0.484 e. The second-order valence-corrected chi connectivity index (χ2v) is 6.14. The Morgan fingerprint density at radius 1 is 0.964 bits per heavy atom. The first-order valence-electron chi connectivity index (χ1n) is 9.13.